The van der Waals surface area contributed by atoms with Crippen molar-refractivity contribution in [2.75, 3.05) is 26.3 Å². The Kier molecular flexibility index (Phi) is 5.11. The van der Waals surface area contributed by atoms with Crippen molar-refractivity contribution in [3.8, 4) is 0 Å². The molecule has 6 atom stereocenters. The Morgan fingerprint density at radius 3 is 2.53 bits per heavy atom. The predicted molar refractivity (Wildman–Crippen MR) is 130 cm³/mol. The summed E-state index contributed by atoms with van der Waals surface area (Å²) in [5, 5.41) is 3.01. The molecule has 0 bridgehead atoms. The van der Waals surface area contributed by atoms with Gasteiger partial charge in [0.15, 0.2) is 5.79 Å². The minimum atomic E-state index is -0.571. The third kappa shape index (κ3) is 3.00. The number of hydrogen-bond donors (Lipinski definition) is 1. The molecule has 6 aliphatic rings. The molecule has 6 heteroatoms. The van der Waals surface area contributed by atoms with Crippen molar-refractivity contribution in [2.45, 2.75) is 103 Å². The van der Waals surface area contributed by atoms with E-state index in [-0.39, 0.29) is 28.2 Å². The van der Waals surface area contributed by atoms with Crippen LogP contribution in [0.3, 0.4) is 0 Å². The Morgan fingerprint density at radius 2 is 1.79 bits per heavy atom. The van der Waals surface area contributed by atoms with Gasteiger partial charge in [-0.2, -0.15) is 0 Å². The van der Waals surface area contributed by atoms with E-state index in [1.54, 1.807) is 5.57 Å². The molecule has 2 spiro atoms. The van der Waals surface area contributed by atoms with Crippen molar-refractivity contribution in [3.63, 3.8) is 0 Å². The second kappa shape index (κ2) is 7.45. The van der Waals surface area contributed by atoms with Crippen LogP contribution in [0.4, 0.5) is 4.79 Å². The molecule has 0 aromatic heterocycles. The number of nitrogens with one attached hydrogen (secondary N) is 1. The molecule has 5 fully saturated rings. The molecule has 34 heavy (non-hydrogen) atoms. The molecule has 2 amide bonds. The van der Waals surface area contributed by atoms with Gasteiger partial charge in [0.1, 0.15) is 5.72 Å². The molecule has 0 aromatic rings. The van der Waals surface area contributed by atoms with Gasteiger partial charge in [-0.15, -0.1) is 0 Å². The van der Waals surface area contributed by atoms with Crippen LogP contribution in [0.5, 0.6) is 0 Å². The average Bonchev–Trinajstić information content (AvgIpc) is 3.44. The van der Waals surface area contributed by atoms with Gasteiger partial charge in [0.25, 0.3) is 0 Å². The van der Waals surface area contributed by atoms with E-state index < -0.39 is 5.72 Å². The number of ether oxygens (including phenoxy) is 3. The number of urea groups is 1. The van der Waals surface area contributed by atoms with E-state index in [4.69, 9.17) is 14.2 Å². The molecule has 3 saturated carbocycles. The maximum Gasteiger partial charge on any atom is 0.319 e. The van der Waals surface area contributed by atoms with Gasteiger partial charge in [-0.1, -0.05) is 25.5 Å². The second-order valence-corrected chi connectivity index (χ2v) is 13.0. The summed E-state index contributed by atoms with van der Waals surface area (Å²) in [6.45, 7) is 14.0. The van der Waals surface area contributed by atoms with Crippen LogP contribution in [0.2, 0.25) is 0 Å². The van der Waals surface area contributed by atoms with Crippen molar-refractivity contribution in [1.29, 1.82) is 0 Å². The standard InChI is InChI=1S/C28H44N2O4/c1-6-29-23(31)30-18-27(34-24(30,2)3)12-10-22-20-8-7-19-17-28(32-15-16-33-28)14-13-25(19,4)21(20)9-11-26(22,27)5/h7,20-22H,6,8-18H2,1-5H3,(H,29,31)/t20-,21-,22-,25+,26+,27-/m1/s1. The first-order valence-corrected chi connectivity index (χ1v) is 13.8. The Morgan fingerprint density at radius 1 is 1.06 bits per heavy atom. The van der Waals surface area contributed by atoms with Gasteiger partial charge in [-0.3, -0.25) is 4.90 Å². The third-order valence-electron chi connectivity index (χ3n) is 11.3. The van der Waals surface area contributed by atoms with Gasteiger partial charge in [-0.25, -0.2) is 4.79 Å². The normalized spacial score (nSPS) is 46.2. The van der Waals surface area contributed by atoms with Crippen molar-refractivity contribution in [1.82, 2.24) is 10.2 Å². The predicted octanol–water partition coefficient (Wildman–Crippen LogP) is 5.23. The molecule has 1 N–H and O–H groups in total. The van der Waals surface area contributed by atoms with Gasteiger partial charge in [-0.05, 0) is 82.5 Å². The highest BCUT2D eigenvalue weighted by atomic mass is 16.7. The maximum atomic E-state index is 12.9. The molecule has 4 aliphatic carbocycles. The molecule has 2 saturated heterocycles. The lowest BCUT2D eigenvalue weighted by Gasteiger charge is -2.59. The van der Waals surface area contributed by atoms with Crippen LogP contribution in [0.15, 0.2) is 11.6 Å². The number of carbonyl (C=O) groups is 1. The summed E-state index contributed by atoms with van der Waals surface area (Å²) < 4.78 is 19.2. The van der Waals surface area contributed by atoms with E-state index in [2.05, 4.69) is 39.1 Å². The lowest BCUT2D eigenvalue weighted by molar-refractivity contribution is -0.193. The van der Waals surface area contributed by atoms with E-state index in [0.717, 1.165) is 38.4 Å². The van der Waals surface area contributed by atoms with Crippen LogP contribution >= 0.6 is 0 Å². The number of amides is 2. The highest BCUT2D eigenvalue weighted by Gasteiger charge is 2.69. The Bertz CT molecular complexity index is 895. The summed E-state index contributed by atoms with van der Waals surface area (Å²) in [6.07, 6.45) is 11.6. The van der Waals surface area contributed by atoms with Crippen molar-refractivity contribution >= 4 is 6.03 Å². The highest BCUT2D eigenvalue weighted by molar-refractivity contribution is 5.75. The molecule has 0 aromatic carbocycles. The minimum Gasteiger partial charge on any atom is -0.347 e. The number of fused-ring (bicyclic) bond motifs is 6. The smallest absolute Gasteiger partial charge is 0.319 e. The summed E-state index contributed by atoms with van der Waals surface area (Å²) >= 11 is 0. The lowest BCUT2D eigenvalue weighted by atomic mass is 9.46. The first kappa shape index (κ1) is 23.3. The summed E-state index contributed by atoms with van der Waals surface area (Å²) in [7, 11) is 0. The minimum absolute atomic E-state index is 0.00958. The Labute approximate surface area is 205 Å². The van der Waals surface area contributed by atoms with Gasteiger partial charge < -0.3 is 19.5 Å². The van der Waals surface area contributed by atoms with E-state index in [0.29, 0.717) is 24.9 Å². The number of nitrogens with zero attached hydrogens (tertiary/aromatic N) is 1. The molecule has 190 valence electrons. The van der Waals surface area contributed by atoms with Crippen molar-refractivity contribution in [2.24, 2.45) is 28.6 Å². The van der Waals surface area contributed by atoms with Crippen LogP contribution in [-0.4, -0.2) is 54.3 Å². The molecular formula is C28H44N2O4. The van der Waals surface area contributed by atoms with E-state index in [1.165, 1.54) is 32.1 Å². The molecule has 6 rings (SSSR count). The fourth-order valence-electron chi connectivity index (χ4n) is 9.44. The van der Waals surface area contributed by atoms with Crippen LogP contribution in [0, 0.1) is 28.6 Å². The van der Waals surface area contributed by atoms with E-state index in [1.807, 2.05) is 11.8 Å². The fourth-order valence-corrected chi connectivity index (χ4v) is 9.44. The van der Waals surface area contributed by atoms with Gasteiger partial charge in [0, 0.05) is 24.8 Å². The molecule has 2 heterocycles. The van der Waals surface area contributed by atoms with E-state index in [9.17, 15) is 4.79 Å². The van der Waals surface area contributed by atoms with Crippen molar-refractivity contribution < 1.29 is 19.0 Å². The number of carbonyl (C=O) groups excluding carboxylic acids is 1. The van der Waals surface area contributed by atoms with Crippen LogP contribution < -0.4 is 5.32 Å². The molecule has 0 unspecified atom stereocenters. The van der Waals surface area contributed by atoms with Crippen LogP contribution in [0.25, 0.3) is 0 Å². The zero-order valence-electron chi connectivity index (χ0n) is 21.9. The fraction of sp³-hybridized carbons (Fsp3) is 0.893. The van der Waals surface area contributed by atoms with Crippen LogP contribution in [-0.2, 0) is 14.2 Å². The van der Waals surface area contributed by atoms with Gasteiger partial charge >= 0.3 is 6.03 Å². The maximum absolute atomic E-state index is 12.9. The third-order valence-corrected chi connectivity index (χ3v) is 11.3. The zero-order chi connectivity index (χ0) is 24.0. The van der Waals surface area contributed by atoms with Gasteiger partial charge in [0.2, 0.25) is 0 Å². The molecule has 2 aliphatic heterocycles. The SMILES string of the molecule is CCNC(=O)N1C[C@@]2(CC[C@@H]3[C@@H]4CC=C5CC6(CC[C@]5(C)[C@@H]4CC[C@@]32C)OCCO6)OC1(C)C. The zero-order valence-corrected chi connectivity index (χ0v) is 21.9. The second-order valence-electron chi connectivity index (χ2n) is 13.0. The largest absolute Gasteiger partial charge is 0.347 e. The molecule has 0 radical (unpaired) electrons. The number of hydrogen-bond acceptors (Lipinski definition) is 4. The molecular weight excluding hydrogens is 428 g/mol. The Hall–Kier alpha value is -1.11. The lowest BCUT2D eigenvalue weighted by Crippen LogP contribution is -2.56. The first-order valence-electron chi connectivity index (χ1n) is 13.8. The molecule has 6 nitrogen and oxygen atoms in total. The topological polar surface area (TPSA) is 60.0 Å². The highest BCUT2D eigenvalue weighted by Crippen LogP contribution is 2.70. The first-order chi connectivity index (χ1) is 16.1. The van der Waals surface area contributed by atoms with Crippen LogP contribution in [0.1, 0.15) is 86.0 Å². The van der Waals surface area contributed by atoms with E-state index >= 15 is 0 Å². The summed E-state index contributed by atoms with van der Waals surface area (Å²) in [5.41, 5.74) is 1.17. The van der Waals surface area contributed by atoms with Crippen molar-refractivity contribution in [3.05, 3.63) is 11.6 Å². The number of allylic oxidation sites excluding steroid dienone is 1. The number of rotatable bonds is 1. The quantitative estimate of drug-likeness (QED) is 0.531. The monoisotopic (exact) mass is 472 g/mol. The summed E-state index contributed by atoms with van der Waals surface area (Å²) in [6, 6.07) is 0.00958. The summed E-state index contributed by atoms with van der Waals surface area (Å²) in [4.78, 5) is 14.9. The average molecular weight is 473 g/mol. The van der Waals surface area contributed by atoms with Gasteiger partial charge in [0.05, 0.1) is 25.4 Å². The Balaban J connectivity index is 1.27. The summed E-state index contributed by atoms with van der Waals surface area (Å²) in [5.74, 6) is 1.75.